The van der Waals surface area contributed by atoms with Crippen molar-refractivity contribution in [2.75, 3.05) is 5.73 Å². The first-order valence-corrected chi connectivity index (χ1v) is 5.71. The minimum absolute atomic E-state index is 0.0637. The molecule has 88 valence electrons. The summed E-state index contributed by atoms with van der Waals surface area (Å²) in [5.74, 6) is -0.603. The second-order valence-corrected chi connectivity index (χ2v) is 5.79. The van der Waals surface area contributed by atoms with Crippen LogP contribution in [-0.2, 0) is 0 Å². The third-order valence-corrected chi connectivity index (χ3v) is 3.44. The number of nitrogens with two attached hydrogens (primary N) is 2. The van der Waals surface area contributed by atoms with Crippen molar-refractivity contribution in [3.05, 3.63) is 16.0 Å². The van der Waals surface area contributed by atoms with Gasteiger partial charge in [0.15, 0.2) is 5.78 Å². The van der Waals surface area contributed by atoms with E-state index in [9.17, 15) is 9.59 Å². The summed E-state index contributed by atoms with van der Waals surface area (Å²) in [4.78, 5) is 23.6. The average molecular weight is 240 g/mol. The molecule has 1 amide bonds. The lowest BCUT2D eigenvalue weighted by molar-refractivity contribution is 0.0859. The summed E-state index contributed by atoms with van der Waals surface area (Å²) in [5.41, 5.74) is 11.5. The molecule has 5 heteroatoms. The summed E-state index contributed by atoms with van der Waals surface area (Å²) in [6.45, 7) is 7.15. The van der Waals surface area contributed by atoms with E-state index in [1.54, 1.807) is 6.92 Å². The van der Waals surface area contributed by atoms with Gasteiger partial charge in [-0.2, -0.15) is 0 Å². The fourth-order valence-electron chi connectivity index (χ4n) is 1.43. The van der Waals surface area contributed by atoms with E-state index in [4.69, 9.17) is 11.5 Å². The van der Waals surface area contributed by atoms with Crippen molar-refractivity contribution in [3.8, 4) is 0 Å². The number of rotatable bonds is 2. The molecule has 1 heterocycles. The molecule has 0 fully saturated rings. The van der Waals surface area contributed by atoms with Crippen molar-refractivity contribution in [1.82, 2.24) is 0 Å². The topological polar surface area (TPSA) is 86.2 Å². The molecule has 1 aromatic heterocycles. The molecular formula is C11H16N2O2S. The van der Waals surface area contributed by atoms with E-state index in [0.717, 1.165) is 11.3 Å². The standard InChI is InChI=1S/C11H16N2O2S/c1-5-6(8(14)11(2,3)4)10(13)16-7(5)9(12)15/h13H2,1-4H3,(H2,12,15). The molecule has 4 nitrogen and oxygen atoms in total. The number of thiophene rings is 1. The summed E-state index contributed by atoms with van der Waals surface area (Å²) in [7, 11) is 0. The van der Waals surface area contributed by atoms with Crippen LogP contribution < -0.4 is 11.5 Å². The predicted octanol–water partition coefficient (Wildman–Crippen LogP) is 1.97. The summed E-state index contributed by atoms with van der Waals surface area (Å²) < 4.78 is 0. The van der Waals surface area contributed by atoms with Crippen molar-refractivity contribution in [3.63, 3.8) is 0 Å². The van der Waals surface area contributed by atoms with Crippen LogP contribution in [0, 0.1) is 12.3 Å². The Balaban J connectivity index is 3.36. The van der Waals surface area contributed by atoms with E-state index < -0.39 is 11.3 Å². The van der Waals surface area contributed by atoms with Crippen LogP contribution in [0.4, 0.5) is 5.00 Å². The third kappa shape index (κ3) is 2.09. The maximum atomic E-state index is 12.1. The Morgan fingerprint density at radius 2 is 1.75 bits per heavy atom. The molecule has 0 spiro atoms. The first-order chi connectivity index (χ1) is 7.16. The molecule has 0 aliphatic heterocycles. The number of carbonyl (C=O) groups excluding carboxylic acids is 2. The molecule has 0 bridgehead atoms. The van der Waals surface area contributed by atoms with E-state index in [0.29, 0.717) is 21.0 Å². The Morgan fingerprint density at radius 1 is 1.25 bits per heavy atom. The molecule has 0 aliphatic rings. The zero-order chi connectivity index (χ0) is 12.7. The van der Waals surface area contributed by atoms with E-state index >= 15 is 0 Å². The Bertz CT molecular complexity index is 455. The molecule has 16 heavy (non-hydrogen) atoms. The number of carbonyl (C=O) groups is 2. The first kappa shape index (κ1) is 12.7. The number of hydrogen-bond donors (Lipinski definition) is 2. The number of anilines is 1. The number of nitrogen functional groups attached to an aromatic ring is 1. The fourth-order valence-corrected chi connectivity index (χ4v) is 2.35. The van der Waals surface area contributed by atoms with Crippen molar-refractivity contribution in [1.29, 1.82) is 0 Å². The highest BCUT2D eigenvalue weighted by Crippen LogP contribution is 2.34. The van der Waals surface area contributed by atoms with Crippen molar-refractivity contribution in [2.45, 2.75) is 27.7 Å². The molecule has 1 aromatic rings. The van der Waals surface area contributed by atoms with Gasteiger partial charge in [0, 0.05) is 5.41 Å². The molecule has 0 aliphatic carbocycles. The van der Waals surface area contributed by atoms with Gasteiger partial charge in [-0.25, -0.2) is 0 Å². The number of primary amides is 1. The number of hydrogen-bond acceptors (Lipinski definition) is 4. The van der Waals surface area contributed by atoms with Gasteiger partial charge >= 0.3 is 0 Å². The highest BCUT2D eigenvalue weighted by atomic mass is 32.1. The van der Waals surface area contributed by atoms with Gasteiger partial charge in [-0.05, 0) is 12.5 Å². The minimum atomic E-state index is -0.540. The van der Waals surface area contributed by atoms with Crippen LogP contribution in [0.25, 0.3) is 0 Å². The van der Waals surface area contributed by atoms with Crippen LogP contribution in [-0.4, -0.2) is 11.7 Å². The van der Waals surface area contributed by atoms with E-state index in [2.05, 4.69) is 0 Å². The Hall–Kier alpha value is -1.36. The summed E-state index contributed by atoms with van der Waals surface area (Å²) in [6, 6.07) is 0. The van der Waals surface area contributed by atoms with Gasteiger partial charge in [0.2, 0.25) is 0 Å². The number of ketones is 1. The molecular weight excluding hydrogens is 224 g/mol. The molecule has 0 atom stereocenters. The van der Waals surface area contributed by atoms with Gasteiger partial charge < -0.3 is 11.5 Å². The first-order valence-electron chi connectivity index (χ1n) is 4.89. The van der Waals surface area contributed by atoms with Crippen LogP contribution in [0.3, 0.4) is 0 Å². The molecule has 0 radical (unpaired) electrons. The maximum absolute atomic E-state index is 12.1. The van der Waals surface area contributed by atoms with Crippen LogP contribution in [0.5, 0.6) is 0 Å². The van der Waals surface area contributed by atoms with Gasteiger partial charge in [0.05, 0.1) is 15.4 Å². The van der Waals surface area contributed by atoms with E-state index in [1.807, 2.05) is 20.8 Å². The lowest BCUT2D eigenvalue weighted by Crippen LogP contribution is -2.21. The molecule has 0 saturated carbocycles. The summed E-state index contributed by atoms with van der Waals surface area (Å²) in [6.07, 6.45) is 0. The zero-order valence-electron chi connectivity index (χ0n) is 9.88. The van der Waals surface area contributed by atoms with Crippen molar-refractivity contribution < 1.29 is 9.59 Å². The highest BCUT2D eigenvalue weighted by molar-refractivity contribution is 7.18. The van der Waals surface area contributed by atoms with Gasteiger partial charge in [-0.3, -0.25) is 9.59 Å². The molecule has 1 rings (SSSR count). The van der Waals surface area contributed by atoms with Gasteiger partial charge in [0.1, 0.15) is 0 Å². The van der Waals surface area contributed by atoms with Crippen LogP contribution >= 0.6 is 11.3 Å². The van der Waals surface area contributed by atoms with Gasteiger partial charge in [-0.15, -0.1) is 11.3 Å². The SMILES string of the molecule is Cc1c(C(N)=O)sc(N)c1C(=O)C(C)(C)C. The summed E-state index contributed by atoms with van der Waals surface area (Å²) >= 11 is 1.08. The van der Waals surface area contributed by atoms with Crippen molar-refractivity contribution >= 4 is 28.0 Å². The smallest absolute Gasteiger partial charge is 0.259 e. The lowest BCUT2D eigenvalue weighted by Gasteiger charge is -2.16. The van der Waals surface area contributed by atoms with Crippen molar-refractivity contribution in [2.24, 2.45) is 11.1 Å². The maximum Gasteiger partial charge on any atom is 0.259 e. The third-order valence-electron chi connectivity index (χ3n) is 2.31. The second kappa shape index (κ2) is 3.90. The summed E-state index contributed by atoms with van der Waals surface area (Å²) in [5, 5.41) is 0.367. The van der Waals surface area contributed by atoms with Crippen LogP contribution in [0.2, 0.25) is 0 Å². The van der Waals surface area contributed by atoms with Crippen LogP contribution in [0.15, 0.2) is 0 Å². The highest BCUT2D eigenvalue weighted by Gasteiger charge is 2.29. The van der Waals surface area contributed by atoms with Gasteiger partial charge in [-0.1, -0.05) is 20.8 Å². The largest absolute Gasteiger partial charge is 0.390 e. The van der Waals surface area contributed by atoms with E-state index in [1.165, 1.54) is 0 Å². The molecule has 0 aromatic carbocycles. The number of amides is 1. The second-order valence-electron chi connectivity index (χ2n) is 4.74. The fraction of sp³-hybridized carbons (Fsp3) is 0.455. The quantitative estimate of drug-likeness (QED) is 0.775. The monoisotopic (exact) mass is 240 g/mol. The minimum Gasteiger partial charge on any atom is -0.390 e. The zero-order valence-corrected chi connectivity index (χ0v) is 10.7. The van der Waals surface area contributed by atoms with Gasteiger partial charge in [0.25, 0.3) is 5.91 Å². The number of Topliss-reactive ketones (excluding diaryl/α,β-unsaturated/α-hetero) is 1. The normalized spacial score (nSPS) is 11.5. The lowest BCUT2D eigenvalue weighted by atomic mass is 9.85. The Morgan fingerprint density at radius 3 is 2.06 bits per heavy atom. The van der Waals surface area contributed by atoms with E-state index in [-0.39, 0.29) is 5.78 Å². The Kier molecular flexibility index (Phi) is 3.10. The van der Waals surface area contributed by atoms with Crippen LogP contribution in [0.1, 0.15) is 46.4 Å². The predicted molar refractivity (Wildman–Crippen MR) is 65.8 cm³/mol. The average Bonchev–Trinajstić information content (AvgIpc) is 2.39. The molecule has 0 saturated heterocycles. The Labute approximate surface area is 98.6 Å². The molecule has 0 unspecified atom stereocenters. The molecule has 4 N–H and O–H groups in total.